The van der Waals surface area contributed by atoms with Crippen LogP contribution in [0.3, 0.4) is 0 Å². The number of carbonyl (C=O) groups excluding carboxylic acids is 1. The third-order valence-electron chi connectivity index (χ3n) is 4.91. The monoisotopic (exact) mass is 302 g/mol. The molecule has 1 aromatic rings. The minimum Gasteiger partial charge on any atom is -0.345 e. The molecular formula is C19H30N2O. The Balaban J connectivity index is 2.01. The first-order valence-corrected chi connectivity index (χ1v) is 8.37. The summed E-state index contributed by atoms with van der Waals surface area (Å²) in [6, 6.07) is 8.81. The lowest BCUT2D eigenvalue weighted by molar-refractivity contribution is -0.136. The first kappa shape index (κ1) is 17.0. The summed E-state index contributed by atoms with van der Waals surface area (Å²) < 4.78 is 0. The van der Waals surface area contributed by atoms with Gasteiger partial charge < -0.3 is 10.6 Å². The van der Waals surface area contributed by atoms with Gasteiger partial charge >= 0.3 is 0 Å². The molecule has 1 fully saturated rings. The molecule has 0 bridgehead atoms. The third-order valence-corrected chi connectivity index (χ3v) is 4.91. The van der Waals surface area contributed by atoms with Gasteiger partial charge in [-0.2, -0.15) is 0 Å². The lowest BCUT2D eigenvalue weighted by Gasteiger charge is -2.34. The maximum absolute atomic E-state index is 12.7. The number of likely N-dealkylation sites (N-methyl/N-ethyl adjacent to an activating group) is 1. The number of amides is 1. The van der Waals surface area contributed by atoms with Crippen LogP contribution in [0.1, 0.15) is 50.7 Å². The average molecular weight is 302 g/mol. The molecule has 2 N–H and O–H groups in total. The second-order valence-corrected chi connectivity index (χ2v) is 7.57. The summed E-state index contributed by atoms with van der Waals surface area (Å²) in [5.74, 6) is 0.373. The van der Waals surface area contributed by atoms with E-state index < -0.39 is 0 Å². The van der Waals surface area contributed by atoms with Crippen molar-refractivity contribution in [2.45, 2.75) is 57.9 Å². The summed E-state index contributed by atoms with van der Waals surface area (Å²) >= 11 is 0. The van der Waals surface area contributed by atoms with E-state index in [1.807, 2.05) is 11.9 Å². The van der Waals surface area contributed by atoms with Crippen LogP contribution in [0.5, 0.6) is 0 Å². The Kier molecular flexibility index (Phi) is 5.28. The van der Waals surface area contributed by atoms with Crippen molar-refractivity contribution in [3.63, 3.8) is 0 Å². The maximum Gasteiger partial charge on any atom is 0.225 e. The Bertz CT molecular complexity index is 507. The maximum atomic E-state index is 12.7. The standard InChI is InChI=1S/C19H30N2O/c1-14-8-10-16(11-9-14)19(2,3)13-21(4)18(22)15-6-5-7-17(20)12-15/h8-11,15,17H,5-7,12-13,20H2,1-4H3. The fourth-order valence-corrected chi connectivity index (χ4v) is 3.53. The molecule has 0 spiro atoms. The van der Waals surface area contributed by atoms with E-state index in [9.17, 15) is 4.79 Å². The van der Waals surface area contributed by atoms with E-state index >= 15 is 0 Å². The number of aryl methyl sites for hydroxylation is 1. The van der Waals surface area contributed by atoms with E-state index in [4.69, 9.17) is 5.73 Å². The molecule has 0 saturated heterocycles. The van der Waals surface area contributed by atoms with Crippen molar-refractivity contribution in [3.8, 4) is 0 Å². The van der Waals surface area contributed by atoms with Crippen molar-refractivity contribution < 1.29 is 4.79 Å². The van der Waals surface area contributed by atoms with Crippen LogP contribution in [0.25, 0.3) is 0 Å². The van der Waals surface area contributed by atoms with Crippen molar-refractivity contribution in [1.82, 2.24) is 4.90 Å². The summed E-state index contributed by atoms with van der Waals surface area (Å²) in [6.07, 6.45) is 3.96. The molecule has 122 valence electrons. The van der Waals surface area contributed by atoms with Gasteiger partial charge in [-0.3, -0.25) is 4.79 Å². The molecule has 3 nitrogen and oxygen atoms in total. The van der Waals surface area contributed by atoms with Crippen LogP contribution in [0, 0.1) is 12.8 Å². The van der Waals surface area contributed by atoms with Crippen LogP contribution >= 0.6 is 0 Å². The Labute approximate surface area is 134 Å². The van der Waals surface area contributed by atoms with Gasteiger partial charge in [-0.05, 0) is 31.7 Å². The first-order chi connectivity index (χ1) is 10.3. The second-order valence-electron chi connectivity index (χ2n) is 7.57. The number of nitrogens with two attached hydrogens (primary N) is 1. The Morgan fingerprint density at radius 2 is 1.91 bits per heavy atom. The van der Waals surface area contributed by atoms with E-state index in [0.717, 1.165) is 32.2 Å². The number of hydrogen-bond acceptors (Lipinski definition) is 2. The van der Waals surface area contributed by atoms with Gasteiger partial charge in [0.1, 0.15) is 0 Å². The summed E-state index contributed by atoms with van der Waals surface area (Å²) in [5.41, 5.74) is 8.52. The molecule has 2 unspecified atom stereocenters. The van der Waals surface area contributed by atoms with Crippen LogP contribution < -0.4 is 5.73 Å². The zero-order valence-electron chi connectivity index (χ0n) is 14.4. The van der Waals surface area contributed by atoms with Gasteiger partial charge in [-0.25, -0.2) is 0 Å². The molecule has 3 heteroatoms. The zero-order chi connectivity index (χ0) is 16.3. The highest BCUT2D eigenvalue weighted by atomic mass is 16.2. The number of nitrogens with zero attached hydrogens (tertiary/aromatic N) is 1. The van der Waals surface area contributed by atoms with E-state index in [1.54, 1.807) is 0 Å². The smallest absolute Gasteiger partial charge is 0.225 e. The molecule has 22 heavy (non-hydrogen) atoms. The van der Waals surface area contributed by atoms with Crippen LogP contribution in [-0.2, 0) is 10.2 Å². The van der Waals surface area contributed by atoms with Gasteiger partial charge in [0.2, 0.25) is 5.91 Å². The molecule has 1 aromatic carbocycles. The minimum absolute atomic E-state index is 0.0467. The molecule has 1 aliphatic carbocycles. The number of rotatable bonds is 4. The molecule has 1 saturated carbocycles. The quantitative estimate of drug-likeness (QED) is 0.928. The molecule has 0 aromatic heterocycles. The van der Waals surface area contributed by atoms with Crippen molar-refractivity contribution in [3.05, 3.63) is 35.4 Å². The summed E-state index contributed by atoms with van der Waals surface area (Å²) in [5, 5.41) is 0. The molecule has 0 heterocycles. The molecule has 0 aliphatic heterocycles. The summed E-state index contributed by atoms with van der Waals surface area (Å²) in [6.45, 7) is 7.24. The largest absolute Gasteiger partial charge is 0.345 e. The third kappa shape index (κ3) is 4.10. The number of hydrogen-bond donors (Lipinski definition) is 1. The van der Waals surface area contributed by atoms with Crippen molar-refractivity contribution in [1.29, 1.82) is 0 Å². The molecular weight excluding hydrogens is 272 g/mol. The minimum atomic E-state index is -0.0467. The van der Waals surface area contributed by atoms with Gasteiger partial charge in [-0.1, -0.05) is 50.1 Å². The Morgan fingerprint density at radius 1 is 1.27 bits per heavy atom. The first-order valence-electron chi connectivity index (χ1n) is 8.37. The van der Waals surface area contributed by atoms with E-state index in [2.05, 4.69) is 45.0 Å². The van der Waals surface area contributed by atoms with Crippen molar-refractivity contribution in [2.75, 3.05) is 13.6 Å². The van der Waals surface area contributed by atoms with Gasteiger partial charge in [0.05, 0.1) is 0 Å². The lowest BCUT2D eigenvalue weighted by atomic mass is 9.82. The van der Waals surface area contributed by atoms with Gasteiger partial charge in [-0.15, -0.1) is 0 Å². The van der Waals surface area contributed by atoms with Gasteiger partial charge in [0, 0.05) is 31.0 Å². The Morgan fingerprint density at radius 3 is 2.50 bits per heavy atom. The fourth-order valence-electron chi connectivity index (χ4n) is 3.53. The average Bonchev–Trinajstić information content (AvgIpc) is 2.46. The highest BCUT2D eigenvalue weighted by molar-refractivity contribution is 5.78. The summed E-state index contributed by atoms with van der Waals surface area (Å²) in [7, 11) is 1.93. The predicted molar refractivity (Wildman–Crippen MR) is 91.8 cm³/mol. The molecule has 1 aliphatic rings. The highest BCUT2D eigenvalue weighted by Gasteiger charge is 2.30. The van der Waals surface area contributed by atoms with Gasteiger partial charge in [0.25, 0.3) is 0 Å². The SMILES string of the molecule is Cc1ccc(C(C)(C)CN(C)C(=O)C2CCCC(N)C2)cc1. The topological polar surface area (TPSA) is 46.3 Å². The van der Waals surface area contributed by atoms with Crippen LogP contribution in [0.15, 0.2) is 24.3 Å². The molecule has 2 rings (SSSR count). The van der Waals surface area contributed by atoms with Crippen LogP contribution in [0.2, 0.25) is 0 Å². The molecule has 0 radical (unpaired) electrons. The van der Waals surface area contributed by atoms with Crippen LogP contribution in [-0.4, -0.2) is 30.4 Å². The van der Waals surface area contributed by atoms with Crippen molar-refractivity contribution >= 4 is 5.91 Å². The summed E-state index contributed by atoms with van der Waals surface area (Å²) in [4.78, 5) is 14.6. The normalized spacial score (nSPS) is 22.4. The van der Waals surface area contributed by atoms with Gasteiger partial charge in [0.15, 0.2) is 0 Å². The zero-order valence-corrected chi connectivity index (χ0v) is 14.4. The Hall–Kier alpha value is -1.35. The second kappa shape index (κ2) is 6.82. The van der Waals surface area contributed by atoms with Crippen molar-refractivity contribution in [2.24, 2.45) is 11.7 Å². The lowest BCUT2D eigenvalue weighted by Crippen LogP contribution is -2.43. The van der Waals surface area contributed by atoms with E-state index in [1.165, 1.54) is 11.1 Å². The predicted octanol–water partition coefficient (Wildman–Crippen LogP) is 3.25. The number of carbonyl (C=O) groups is 1. The van der Waals surface area contributed by atoms with E-state index in [0.29, 0.717) is 0 Å². The molecule has 1 amide bonds. The van der Waals surface area contributed by atoms with Crippen LogP contribution in [0.4, 0.5) is 0 Å². The highest BCUT2D eigenvalue weighted by Crippen LogP contribution is 2.28. The molecule has 2 atom stereocenters. The fraction of sp³-hybridized carbons (Fsp3) is 0.632. The van der Waals surface area contributed by atoms with E-state index in [-0.39, 0.29) is 23.3 Å². The number of benzene rings is 1.